The van der Waals surface area contributed by atoms with Crippen LogP contribution in [0, 0.1) is 5.82 Å². The molecule has 0 bridgehead atoms. The number of nitrogens with one attached hydrogen (secondary N) is 2. The number of aliphatic hydroxyl groups excluding tert-OH is 2. The van der Waals surface area contributed by atoms with Crippen molar-refractivity contribution in [2.45, 2.75) is 6.54 Å². The third-order valence-electron chi connectivity index (χ3n) is 5.13. The molecule has 0 fully saturated rings. The van der Waals surface area contributed by atoms with Crippen LogP contribution in [0.3, 0.4) is 0 Å². The first kappa shape index (κ1) is 27.0. The Morgan fingerprint density at radius 3 is 2.44 bits per heavy atom. The molecule has 3 aromatic rings. The zero-order chi connectivity index (χ0) is 25.9. The van der Waals surface area contributed by atoms with E-state index in [0.717, 1.165) is 5.56 Å². The molecule has 0 aliphatic heterocycles. The van der Waals surface area contributed by atoms with Gasteiger partial charge in [-0.1, -0.05) is 35.9 Å². The first-order valence-corrected chi connectivity index (χ1v) is 11.5. The zero-order valence-corrected chi connectivity index (χ0v) is 20.1. The lowest BCUT2D eigenvalue weighted by atomic mass is 10.1. The molecule has 0 radical (unpaired) electrons. The molecular weight excluding hydrogens is 487 g/mol. The standard InChI is InChI=1S/C26H26ClFN4O4/c27-21-7-8-24(23(15-21)26(36)31-29-16-18-3-2-6-22(28)14-18)30-25(35)20-5-1-4-19(13-20)17-32(9-11-33)10-12-34/h1-8,13-16,33-34H,9-12,17H2,(H,30,35)(H,31,36). The lowest BCUT2D eigenvalue weighted by molar-refractivity contribution is 0.0956. The van der Waals surface area contributed by atoms with Crippen LogP contribution in [0.1, 0.15) is 31.8 Å². The number of hydrogen-bond acceptors (Lipinski definition) is 6. The highest BCUT2D eigenvalue weighted by atomic mass is 35.5. The highest BCUT2D eigenvalue weighted by Crippen LogP contribution is 2.22. The number of amides is 2. The number of carbonyl (C=O) groups excluding carboxylic acids is 2. The summed E-state index contributed by atoms with van der Waals surface area (Å²) in [5.41, 5.74) is 4.34. The van der Waals surface area contributed by atoms with Crippen LogP contribution in [0.5, 0.6) is 0 Å². The van der Waals surface area contributed by atoms with Crippen molar-refractivity contribution < 1.29 is 24.2 Å². The van der Waals surface area contributed by atoms with E-state index in [-0.39, 0.29) is 24.5 Å². The molecule has 3 rings (SSSR count). The molecule has 0 saturated carbocycles. The minimum Gasteiger partial charge on any atom is -0.395 e. The van der Waals surface area contributed by atoms with Crippen LogP contribution in [0.2, 0.25) is 5.02 Å². The van der Waals surface area contributed by atoms with E-state index < -0.39 is 17.6 Å². The summed E-state index contributed by atoms with van der Waals surface area (Å²) in [5.74, 6) is -1.48. The van der Waals surface area contributed by atoms with Gasteiger partial charge in [-0.3, -0.25) is 14.5 Å². The van der Waals surface area contributed by atoms with Crippen molar-refractivity contribution in [2.24, 2.45) is 5.10 Å². The van der Waals surface area contributed by atoms with Crippen molar-refractivity contribution in [1.82, 2.24) is 10.3 Å². The van der Waals surface area contributed by atoms with Crippen LogP contribution in [-0.4, -0.2) is 59.4 Å². The molecule has 2 amide bonds. The van der Waals surface area contributed by atoms with Gasteiger partial charge in [-0.2, -0.15) is 5.10 Å². The maximum Gasteiger partial charge on any atom is 0.273 e. The highest BCUT2D eigenvalue weighted by molar-refractivity contribution is 6.31. The zero-order valence-electron chi connectivity index (χ0n) is 19.3. The number of benzene rings is 3. The second kappa shape index (κ2) is 13.5. The van der Waals surface area contributed by atoms with Gasteiger partial charge in [0.25, 0.3) is 11.8 Å². The molecule has 0 atom stereocenters. The Labute approximate surface area is 213 Å². The molecule has 0 spiro atoms. The number of hydrazone groups is 1. The summed E-state index contributed by atoms with van der Waals surface area (Å²) in [5, 5.41) is 25.3. The summed E-state index contributed by atoms with van der Waals surface area (Å²) in [7, 11) is 0. The highest BCUT2D eigenvalue weighted by Gasteiger charge is 2.16. The Bertz CT molecular complexity index is 1230. The summed E-state index contributed by atoms with van der Waals surface area (Å²) in [6, 6.07) is 17.1. The van der Waals surface area contributed by atoms with Gasteiger partial charge in [0.05, 0.1) is 30.7 Å². The number of halogens is 2. The predicted molar refractivity (Wildman–Crippen MR) is 137 cm³/mol. The maximum atomic E-state index is 13.3. The fourth-order valence-electron chi connectivity index (χ4n) is 3.44. The summed E-state index contributed by atoms with van der Waals surface area (Å²) in [4.78, 5) is 27.6. The van der Waals surface area contributed by atoms with Crippen LogP contribution >= 0.6 is 11.6 Å². The molecule has 10 heteroatoms. The second-order valence-corrected chi connectivity index (χ2v) is 8.26. The van der Waals surface area contributed by atoms with Gasteiger partial charge < -0.3 is 15.5 Å². The van der Waals surface area contributed by atoms with Crippen molar-refractivity contribution >= 4 is 35.3 Å². The second-order valence-electron chi connectivity index (χ2n) is 7.82. The summed E-state index contributed by atoms with van der Waals surface area (Å²) in [6.45, 7) is 1.13. The quantitative estimate of drug-likeness (QED) is 0.232. The molecule has 0 aliphatic rings. The van der Waals surface area contributed by atoms with Gasteiger partial charge in [-0.15, -0.1) is 0 Å². The van der Waals surface area contributed by atoms with Crippen LogP contribution in [-0.2, 0) is 6.54 Å². The van der Waals surface area contributed by atoms with E-state index in [1.165, 1.54) is 36.5 Å². The third kappa shape index (κ3) is 7.96. The predicted octanol–water partition coefficient (Wildman–Crippen LogP) is 3.28. The van der Waals surface area contributed by atoms with Crippen molar-refractivity contribution in [3.8, 4) is 0 Å². The Hall–Kier alpha value is -3.63. The number of hydrogen-bond donors (Lipinski definition) is 4. The SMILES string of the molecule is O=C(Nc1ccc(Cl)cc1C(=O)NN=Cc1cccc(F)c1)c1cccc(CN(CCO)CCO)c1. The van der Waals surface area contributed by atoms with Gasteiger partial charge in [0.2, 0.25) is 0 Å². The third-order valence-corrected chi connectivity index (χ3v) is 5.37. The fourth-order valence-corrected chi connectivity index (χ4v) is 3.61. The van der Waals surface area contributed by atoms with Gasteiger partial charge in [0, 0.05) is 30.2 Å². The molecule has 0 aromatic heterocycles. The van der Waals surface area contributed by atoms with Gasteiger partial charge in [0.1, 0.15) is 5.82 Å². The van der Waals surface area contributed by atoms with Crippen molar-refractivity contribution in [3.63, 3.8) is 0 Å². The van der Waals surface area contributed by atoms with Crippen LogP contribution in [0.25, 0.3) is 0 Å². The van der Waals surface area contributed by atoms with E-state index in [1.54, 1.807) is 30.3 Å². The van der Waals surface area contributed by atoms with Crippen LogP contribution in [0.4, 0.5) is 10.1 Å². The Kier molecular flexibility index (Phi) is 10.1. The average Bonchev–Trinajstić information content (AvgIpc) is 2.85. The molecule has 4 N–H and O–H groups in total. The lowest BCUT2D eigenvalue weighted by Gasteiger charge is -2.20. The molecule has 8 nitrogen and oxygen atoms in total. The number of carbonyl (C=O) groups is 2. The van der Waals surface area contributed by atoms with E-state index in [4.69, 9.17) is 11.6 Å². The van der Waals surface area contributed by atoms with E-state index in [2.05, 4.69) is 15.8 Å². The monoisotopic (exact) mass is 512 g/mol. The summed E-state index contributed by atoms with van der Waals surface area (Å²) in [6.07, 6.45) is 1.30. The number of aliphatic hydroxyl groups is 2. The van der Waals surface area contributed by atoms with Crippen LogP contribution < -0.4 is 10.7 Å². The van der Waals surface area contributed by atoms with E-state index >= 15 is 0 Å². The molecule has 188 valence electrons. The van der Waals surface area contributed by atoms with Crippen molar-refractivity contribution in [2.75, 3.05) is 31.6 Å². The van der Waals surface area contributed by atoms with E-state index in [1.807, 2.05) is 11.0 Å². The fraction of sp³-hybridized carbons (Fsp3) is 0.192. The molecular formula is C26H26ClFN4O4. The molecule has 3 aromatic carbocycles. The number of nitrogens with zero attached hydrogens (tertiary/aromatic N) is 2. The van der Waals surface area contributed by atoms with Gasteiger partial charge in [-0.05, 0) is 53.6 Å². The molecule has 0 aliphatic carbocycles. The van der Waals surface area contributed by atoms with Gasteiger partial charge in [0.15, 0.2) is 0 Å². The van der Waals surface area contributed by atoms with E-state index in [0.29, 0.717) is 35.8 Å². The number of rotatable bonds is 11. The molecule has 0 saturated heterocycles. The first-order chi connectivity index (χ1) is 17.4. The molecule has 36 heavy (non-hydrogen) atoms. The average molecular weight is 513 g/mol. The minimum absolute atomic E-state index is 0.0478. The summed E-state index contributed by atoms with van der Waals surface area (Å²) < 4.78 is 13.3. The Balaban J connectivity index is 1.73. The lowest BCUT2D eigenvalue weighted by Crippen LogP contribution is -2.29. The van der Waals surface area contributed by atoms with Crippen LogP contribution in [0.15, 0.2) is 71.8 Å². The minimum atomic E-state index is -0.613. The normalized spacial score (nSPS) is 11.1. The Morgan fingerprint density at radius 1 is 0.972 bits per heavy atom. The topological polar surface area (TPSA) is 114 Å². The van der Waals surface area contributed by atoms with E-state index in [9.17, 15) is 24.2 Å². The summed E-state index contributed by atoms with van der Waals surface area (Å²) >= 11 is 6.07. The largest absolute Gasteiger partial charge is 0.395 e. The van der Waals surface area contributed by atoms with Crippen molar-refractivity contribution in [1.29, 1.82) is 0 Å². The van der Waals surface area contributed by atoms with Gasteiger partial charge in [-0.25, -0.2) is 9.82 Å². The van der Waals surface area contributed by atoms with Gasteiger partial charge >= 0.3 is 0 Å². The maximum absolute atomic E-state index is 13.3. The molecule has 0 heterocycles. The molecule has 0 unspecified atom stereocenters. The first-order valence-electron chi connectivity index (χ1n) is 11.1. The van der Waals surface area contributed by atoms with Crippen molar-refractivity contribution in [3.05, 3.63) is 99.8 Å². The smallest absolute Gasteiger partial charge is 0.273 e. The Morgan fingerprint density at radius 2 is 1.72 bits per heavy atom. The number of anilines is 1.